The molecule has 4 N–H and O–H groups in total. The maximum absolute atomic E-state index is 6.10. The lowest BCUT2D eigenvalue weighted by atomic mass is 10.1. The van der Waals surface area contributed by atoms with Crippen molar-refractivity contribution in [2.24, 2.45) is 5.73 Å². The van der Waals surface area contributed by atoms with Gasteiger partial charge in [-0.1, -0.05) is 18.7 Å². The summed E-state index contributed by atoms with van der Waals surface area (Å²) in [5.41, 5.74) is 9.09. The fraction of sp³-hybridized carbons (Fsp3) is 0.312. The maximum atomic E-state index is 6.10. The van der Waals surface area contributed by atoms with Crippen molar-refractivity contribution in [2.75, 3.05) is 13.7 Å². The molecule has 0 saturated heterocycles. The van der Waals surface area contributed by atoms with Crippen molar-refractivity contribution >= 4 is 0 Å². The predicted octanol–water partition coefficient (Wildman–Crippen LogP) is 1.63. The van der Waals surface area contributed by atoms with Crippen molar-refractivity contribution in [1.82, 2.24) is 15.3 Å². The highest BCUT2D eigenvalue weighted by molar-refractivity contribution is 5.28. The van der Waals surface area contributed by atoms with Crippen LogP contribution >= 0.6 is 0 Å². The van der Waals surface area contributed by atoms with Gasteiger partial charge in [0.05, 0.1) is 19.1 Å². The summed E-state index contributed by atoms with van der Waals surface area (Å²) in [4.78, 5) is 7.09. The van der Waals surface area contributed by atoms with Crippen molar-refractivity contribution in [3.8, 4) is 5.75 Å². The van der Waals surface area contributed by atoms with Crippen LogP contribution in [0.25, 0.3) is 0 Å². The summed E-state index contributed by atoms with van der Waals surface area (Å²) in [6, 6.07) is 7.91. The first-order valence-corrected chi connectivity index (χ1v) is 6.98. The number of H-pyrrole nitrogens is 1. The Morgan fingerprint density at radius 1 is 1.52 bits per heavy atom. The van der Waals surface area contributed by atoms with E-state index in [1.165, 1.54) is 5.56 Å². The third-order valence-corrected chi connectivity index (χ3v) is 3.33. The minimum atomic E-state index is -0.140. The average Bonchev–Trinajstić information content (AvgIpc) is 3.00. The van der Waals surface area contributed by atoms with Crippen LogP contribution in [0, 0.1) is 0 Å². The van der Waals surface area contributed by atoms with Crippen LogP contribution in [0.15, 0.2) is 49.1 Å². The Kier molecular flexibility index (Phi) is 5.40. The van der Waals surface area contributed by atoms with Crippen LogP contribution < -0.4 is 15.8 Å². The monoisotopic (exact) mass is 286 g/mol. The van der Waals surface area contributed by atoms with Crippen molar-refractivity contribution in [2.45, 2.75) is 18.9 Å². The molecule has 112 valence electrons. The topological polar surface area (TPSA) is 76.0 Å². The van der Waals surface area contributed by atoms with E-state index in [2.05, 4.69) is 27.9 Å². The van der Waals surface area contributed by atoms with Crippen molar-refractivity contribution < 1.29 is 4.74 Å². The van der Waals surface area contributed by atoms with Crippen LogP contribution in [0.1, 0.15) is 11.3 Å². The fourth-order valence-corrected chi connectivity index (χ4v) is 2.08. The molecule has 1 heterocycles. The molecule has 1 aromatic heterocycles. The number of hydrogen-bond acceptors (Lipinski definition) is 4. The molecule has 1 unspecified atom stereocenters. The summed E-state index contributed by atoms with van der Waals surface area (Å²) < 4.78 is 5.21. The van der Waals surface area contributed by atoms with Crippen LogP contribution in [-0.4, -0.2) is 29.7 Å². The highest BCUT2D eigenvalue weighted by Crippen LogP contribution is 2.12. The average molecular weight is 286 g/mol. The third-order valence-electron chi connectivity index (χ3n) is 3.33. The molecule has 5 nitrogen and oxygen atoms in total. The zero-order chi connectivity index (χ0) is 15.1. The van der Waals surface area contributed by atoms with Gasteiger partial charge in [0, 0.05) is 30.9 Å². The number of hydrogen-bond donors (Lipinski definition) is 3. The number of nitrogens with one attached hydrogen (secondary N) is 2. The number of rotatable bonds is 8. The summed E-state index contributed by atoms with van der Waals surface area (Å²) in [6.07, 6.45) is 5.07. The normalized spacial score (nSPS) is 11.9. The second kappa shape index (κ2) is 7.50. The molecule has 0 aliphatic heterocycles. The van der Waals surface area contributed by atoms with Gasteiger partial charge in [0.15, 0.2) is 0 Å². The molecule has 21 heavy (non-hydrogen) atoms. The quantitative estimate of drug-likeness (QED) is 0.689. The Morgan fingerprint density at radius 3 is 3.10 bits per heavy atom. The lowest BCUT2D eigenvalue weighted by Gasteiger charge is -2.16. The van der Waals surface area contributed by atoms with E-state index in [1.807, 2.05) is 24.4 Å². The van der Waals surface area contributed by atoms with E-state index in [0.717, 1.165) is 30.1 Å². The second-order valence-corrected chi connectivity index (χ2v) is 4.92. The molecular weight excluding hydrogens is 264 g/mol. The van der Waals surface area contributed by atoms with E-state index in [0.29, 0.717) is 6.42 Å². The first-order chi connectivity index (χ1) is 10.2. The number of nitrogens with two attached hydrogens (primary N) is 1. The lowest BCUT2D eigenvalue weighted by molar-refractivity contribution is 0.414. The molecule has 0 aliphatic carbocycles. The van der Waals surface area contributed by atoms with Gasteiger partial charge >= 0.3 is 0 Å². The van der Waals surface area contributed by atoms with Crippen LogP contribution in [0.3, 0.4) is 0 Å². The van der Waals surface area contributed by atoms with E-state index in [-0.39, 0.29) is 6.04 Å². The number of methoxy groups -OCH3 is 1. The number of ether oxygens (including phenoxy) is 1. The molecule has 2 rings (SSSR count). The number of imidazole rings is 1. The molecule has 5 heteroatoms. The smallest absolute Gasteiger partial charge is 0.119 e. The van der Waals surface area contributed by atoms with Crippen LogP contribution in [0.2, 0.25) is 0 Å². The van der Waals surface area contributed by atoms with Gasteiger partial charge in [0.25, 0.3) is 0 Å². The van der Waals surface area contributed by atoms with Crippen LogP contribution in [-0.2, 0) is 12.8 Å². The Labute approximate surface area is 125 Å². The van der Waals surface area contributed by atoms with Gasteiger partial charge < -0.3 is 20.8 Å². The Balaban J connectivity index is 1.75. The molecule has 0 radical (unpaired) electrons. The van der Waals surface area contributed by atoms with E-state index < -0.39 is 0 Å². The molecule has 0 saturated carbocycles. The lowest BCUT2D eigenvalue weighted by Crippen LogP contribution is -2.33. The van der Waals surface area contributed by atoms with Gasteiger partial charge in [-0.2, -0.15) is 0 Å². The third kappa shape index (κ3) is 4.65. The highest BCUT2D eigenvalue weighted by Gasteiger charge is 2.09. The summed E-state index contributed by atoms with van der Waals surface area (Å²) in [6.45, 7) is 4.79. The molecule has 0 spiro atoms. The van der Waals surface area contributed by atoms with Gasteiger partial charge in [-0.05, 0) is 24.1 Å². The number of nitrogens with zero attached hydrogens (tertiary/aromatic N) is 1. The van der Waals surface area contributed by atoms with Gasteiger partial charge in [0.2, 0.25) is 0 Å². The van der Waals surface area contributed by atoms with E-state index in [4.69, 9.17) is 10.5 Å². The number of aromatic amines is 1. The molecule has 2 aromatic rings. The first-order valence-electron chi connectivity index (χ1n) is 6.98. The Hall–Kier alpha value is -2.27. The molecule has 0 aliphatic rings. The first kappa shape index (κ1) is 15.1. The molecular formula is C16H22N4O. The van der Waals surface area contributed by atoms with Gasteiger partial charge in [-0.3, -0.25) is 0 Å². The molecule has 1 aromatic carbocycles. The number of benzene rings is 1. The number of aromatic nitrogens is 2. The van der Waals surface area contributed by atoms with Crippen LogP contribution in [0.4, 0.5) is 0 Å². The fourth-order valence-electron chi connectivity index (χ4n) is 2.08. The minimum Gasteiger partial charge on any atom is -0.497 e. The van der Waals surface area contributed by atoms with Crippen molar-refractivity contribution in [1.29, 1.82) is 0 Å². The van der Waals surface area contributed by atoms with Crippen molar-refractivity contribution in [3.63, 3.8) is 0 Å². The second-order valence-electron chi connectivity index (χ2n) is 4.92. The zero-order valence-corrected chi connectivity index (χ0v) is 12.3. The standard InChI is InChI=1S/C16H22N4O/c1-12(16(17)9-14-10-18-11-20-14)19-7-6-13-4-3-5-15(8-13)21-2/h3-5,8,10-11,16,19H,1,6-7,9,17H2,2H3,(H,18,20). The summed E-state index contributed by atoms with van der Waals surface area (Å²) >= 11 is 0. The van der Waals surface area contributed by atoms with E-state index >= 15 is 0 Å². The molecule has 1 atom stereocenters. The minimum absolute atomic E-state index is 0.140. The maximum Gasteiger partial charge on any atom is 0.119 e. The molecule has 0 amide bonds. The Bertz CT molecular complexity index is 565. The SMILES string of the molecule is C=C(NCCc1cccc(OC)c1)C(N)Cc1c[nH]cn1. The zero-order valence-electron chi connectivity index (χ0n) is 12.3. The summed E-state index contributed by atoms with van der Waals surface area (Å²) in [5.74, 6) is 0.876. The van der Waals surface area contributed by atoms with Crippen LogP contribution in [0.5, 0.6) is 5.75 Å². The Morgan fingerprint density at radius 2 is 2.38 bits per heavy atom. The largest absolute Gasteiger partial charge is 0.497 e. The van der Waals surface area contributed by atoms with E-state index in [1.54, 1.807) is 13.4 Å². The van der Waals surface area contributed by atoms with Gasteiger partial charge in [-0.15, -0.1) is 0 Å². The van der Waals surface area contributed by atoms with Crippen molar-refractivity contribution in [3.05, 3.63) is 60.3 Å². The van der Waals surface area contributed by atoms with Gasteiger partial charge in [0.1, 0.15) is 5.75 Å². The summed E-state index contributed by atoms with van der Waals surface area (Å²) in [7, 11) is 1.67. The summed E-state index contributed by atoms with van der Waals surface area (Å²) in [5, 5.41) is 3.28. The molecule has 0 fully saturated rings. The highest BCUT2D eigenvalue weighted by atomic mass is 16.5. The van der Waals surface area contributed by atoms with Gasteiger partial charge in [-0.25, -0.2) is 4.98 Å². The van der Waals surface area contributed by atoms with E-state index in [9.17, 15) is 0 Å². The predicted molar refractivity (Wildman–Crippen MR) is 84.1 cm³/mol. The molecule has 0 bridgehead atoms.